The van der Waals surface area contributed by atoms with E-state index in [-0.39, 0.29) is 10.4 Å². The quantitative estimate of drug-likeness (QED) is 0.543. The van der Waals surface area contributed by atoms with Gasteiger partial charge in [-0.1, -0.05) is 29.8 Å². The molecule has 0 aromatic heterocycles. The average molecular weight is 295 g/mol. The van der Waals surface area contributed by atoms with Crippen LogP contribution < -0.4 is 0 Å². The third kappa shape index (κ3) is 3.51. The van der Waals surface area contributed by atoms with E-state index in [2.05, 4.69) is 29.8 Å². The Labute approximate surface area is 102 Å². The van der Waals surface area contributed by atoms with Gasteiger partial charge in [-0.25, -0.2) is 13.2 Å². The summed E-state index contributed by atoms with van der Waals surface area (Å²) in [6.45, 7) is 4.11. The van der Waals surface area contributed by atoms with Crippen LogP contribution in [0, 0.1) is 23.4 Å². The van der Waals surface area contributed by atoms with Gasteiger partial charge in [0.2, 0.25) is 0 Å². The molecule has 0 aliphatic carbocycles. The van der Waals surface area contributed by atoms with Crippen molar-refractivity contribution in [1.29, 1.82) is 0 Å². The summed E-state index contributed by atoms with van der Waals surface area (Å²) in [6, 6.07) is 1.51. The maximum Gasteiger partial charge on any atom is 0.161 e. The van der Waals surface area contributed by atoms with E-state index in [1.54, 1.807) is 0 Å². The molecule has 0 aliphatic rings. The van der Waals surface area contributed by atoms with Gasteiger partial charge in [0.15, 0.2) is 11.6 Å². The molecular weight excluding hydrogens is 281 g/mol. The molecular formula is C12H14BrF3. The third-order valence-electron chi connectivity index (χ3n) is 2.37. The summed E-state index contributed by atoms with van der Waals surface area (Å²) < 4.78 is 39.0. The SMILES string of the molecule is CC(C)CCC(Br)c1cc(F)c(F)cc1F. The minimum absolute atomic E-state index is 0.180. The summed E-state index contributed by atoms with van der Waals surface area (Å²) >= 11 is 3.29. The van der Waals surface area contributed by atoms with Gasteiger partial charge in [0, 0.05) is 16.5 Å². The second-order valence-electron chi connectivity index (χ2n) is 4.23. The second kappa shape index (κ2) is 5.71. The largest absolute Gasteiger partial charge is 0.207 e. The Balaban J connectivity index is 2.82. The van der Waals surface area contributed by atoms with Crippen LogP contribution in [0.1, 0.15) is 37.1 Å². The normalized spacial score (nSPS) is 13.2. The van der Waals surface area contributed by atoms with Gasteiger partial charge in [-0.3, -0.25) is 0 Å². The van der Waals surface area contributed by atoms with Gasteiger partial charge in [0.05, 0.1) is 0 Å². The predicted octanol–water partition coefficient (Wildman–Crippen LogP) is 4.98. The van der Waals surface area contributed by atoms with Crippen molar-refractivity contribution >= 4 is 15.9 Å². The van der Waals surface area contributed by atoms with E-state index in [1.165, 1.54) is 0 Å². The molecule has 0 fully saturated rings. The first-order valence-corrected chi connectivity index (χ1v) is 6.12. The smallest absolute Gasteiger partial charge is 0.161 e. The Morgan fingerprint density at radius 1 is 1.00 bits per heavy atom. The summed E-state index contributed by atoms with van der Waals surface area (Å²) in [5.74, 6) is -2.37. The van der Waals surface area contributed by atoms with Crippen molar-refractivity contribution in [3.8, 4) is 0 Å². The predicted molar refractivity (Wildman–Crippen MR) is 62.1 cm³/mol. The monoisotopic (exact) mass is 294 g/mol. The molecule has 0 heterocycles. The molecule has 1 aromatic rings. The molecule has 0 saturated heterocycles. The second-order valence-corrected chi connectivity index (χ2v) is 5.33. The van der Waals surface area contributed by atoms with Gasteiger partial charge in [-0.15, -0.1) is 0 Å². The van der Waals surface area contributed by atoms with E-state index in [1.807, 2.05) is 0 Å². The van der Waals surface area contributed by atoms with Crippen molar-refractivity contribution in [2.75, 3.05) is 0 Å². The molecule has 0 spiro atoms. The van der Waals surface area contributed by atoms with Crippen molar-refractivity contribution in [3.63, 3.8) is 0 Å². The molecule has 0 radical (unpaired) electrons. The van der Waals surface area contributed by atoms with Crippen LogP contribution in [-0.4, -0.2) is 0 Å². The Morgan fingerprint density at radius 3 is 2.12 bits per heavy atom. The van der Waals surface area contributed by atoms with Crippen LogP contribution in [0.3, 0.4) is 0 Å². The third-order valence-corrected chi connectivity index (χ3v) is 3.33. The number of alkyl halides is 1. The zero-order chi connectivity index (χ0) is 12.3. The fraction of sp³-hybridized carbons (Fsp3) is 0.500. The van der Waals surface area contributed by atoms with Gasteiger partial charge >= 0.3 is 0 Å². The number of hydrogen-bond donors (Lipinski definition) is 0. The molecule has 0 aliphatic heterocycles. The van der Waals surface area contributed by atoms with Gasteiger partial charge in [0.25, 0.3) is 0 Å². The number of halogens is 4. The maximum absolute atomic E-state index is 13.4. The summed E-state index contributed by atoms with van der Waals surface area (Å²) in [5.41, 5.74) is 0.180. The van der Waals surface area contributed by atoms with Crippen LogP contribution >= 0.6 is 15.9 Å². The molecule has 16 heavy (non-hydrogen) atoms. The fourth-order valence-corrected chi connectivity index (χ4v) is 2.03. The minimum Gasteiger partial charge on any atom is -0.207 e. The standard InChI is InChI=1S/C12H14BrF3/c1-7(2)3-4-9(13)8-5-11(15)12(16)6-10(8)14/h5-7,9H,3-4H2,1-2H3. The zero-order valence-corrected chi connectivity index (χ0v) is 10.8. The first-order chi connectivity index (χ1) is 7.41. The van der Waals surface area contributed by atoms with E-state index in [9.17, 15) is 13.2 Å². The Kier molecular flexibility index (Phi) is 4.84. The van der Waals surface area contributed by atoms with Crippen LogP contribution in [0.2, 0.25) is 0 Å². The highest BCUT2D eigenvalue weighted by atomic mass is 79.9. The number of hydrogen-bond acceptors (Lipinski definition) is 0. The Morgan fingerprint density at radius 2 is 1.56 bits per heavy atom. The van der Waals surface area contributed by atoms with E-state index >= 15 is 0 Å². The number of benzene rings is 1. The van der Waals surface area contributed by atoms with Crippen LogP contribution in [0.5, 0.6) is 0 Å². The first kappa shape index (κ1) is 13.6. The maximum atomic E-state index is 13.4. The molecule has 0 amide bonds. The van der Waals surface area contributed by atoms with Crippen molar-refractivity contribution in [3.05, 3.63) is 35.1 Å². The summed E-state index contributed by atoms with van der Waals surface area (Å²) in [5, 5.41) is 0. The summed E-state index contributed by atoms with van der Waals surface area (Å²) in [6.07, 6.45) is 1.59. The zero-order valence-electron chi connectivity index (χ0n) is 9.24. The Bertz CT molecular complexity index is 364. The van der Waals surface area contributed by atoms with Crippen molar-refractivity contribution in [2.24, 2.45) is 5.92 Å². The lowest BCUT2D eigenvalue weighted by atomic mass is 10.0. The van der Waals surface area contributed by atoms with E-state index < -0.39 is 17.5 Å². The van der Waals surface area contributed by atoms with Gasteiger partial charge in [0.1, 0.15) is 5.82 Å². The highest BCUT2D eigenvalue weighted by Gasteiger charge is 2.16. The Hall–Kier alpha value is -0.510. The molecule has 1 aromatic carbocycles. The molecule has 1 atom stereocenters. The van der Waals surface area contributed by atoms with Gasteiger partial charge in [-0.2, -0.15) is 0 Å². The average Bonchev–Trinajstić information content (AvgIpc) is 2.20. The van der Waals surface area contributed by atoms with E-state index in [0.29, 0.717) is 18.4 Å². The molecule has 4 heteroatoms. The van der Waals surface area contributed by atoms with Crippen LogP contribution in [0.4, 0.5) is 13.2 Å². The van der Waals surface area contributed by atoms with Crippen LogP contribution in [0.25, 0.3) is 0 Å². The molecule has 0 saturated carbocycles. The molecule has 0 bridgehead atoms. The van der Waals surface area contributed by atoms with Crippen LogP contribution in [-0.2, 0) is 0 Å². The molecule has 1 rings (SSSR count). The van der Waals surface area contributed by atoms with Gasteiger partial charge < -0.3 is 0 Å². The summed E-state index contributed by atoms with van der Waals surface area (Å²) in [4.78, 5) is -0.273. The van der Waals surface area contributed by atoms with Crippen LogP contribution in [0.15, 0.2) is 12.1 Å². The van der Waals surface area contributed by atoms with E-state index in [0.717, 1.165) is 12.5 Å². The lowest BCUT2D eigenvalue weighted by Crippen LogP contribution is -2.00. The lowest BCUT2D eigenvalue weighted by molar-refractivity contribution is 0.485. The molecule has 90 valence electrons. The van der Waals surface area contributed by atoms with Gasteiger partial charge in [-0.05, 0) is 24.8 Å². The highest BCUT2D eigenvalue weighted by Crippen LogP contribution is 2.32. The van der Waals surface area contributed by atoms with E-state index in [4.69, 9.17) is 0 Å². The molecule has 0 N–H and O–H groups in total. The lowest BCUT2D eigenvalue weighted by Gasteiger charge is -2.13. The molecule has 0 nitrogen and oxygen atoms in total. The van der Waals surface area contributed by atoms with Crippen molar-refractivity contribution < 1.29 is 13.2 Å². The van der Waals surface area contributed by atoms with Crippen molar-refractivity contribution in [2.45, 2.75) is 31.5 Å². The number of rotatable bonds is 4. The topological polar surface area (TPSA) is 0 Å². The minimum atomic E-state index is -1.15. The fourth-order valence-electron chi connectivity index (χ4n) is 1.41. The van der Waals surface area contributed by atoms with Crippen molar-refractivity contribution in [1.82, 2.24) is 0 Å². The molecule has 1 unspecified atom stereocenters. The first-order valence-electron chi connectivity index (χ1n) is 5.20. The highest BCUT2D eigenvalue weighted by molar-refractivity contribution is 9.09. The summed E-state index contributed by atoms with van der Waals surface area (Å²) in [7, 11) is 0.